The monoisotopic (exact) mass is 480 g/mol. The SMILES string of the molecule is Cc1nc(-c2cc(C(=O)N(S)C(=O)Nc3cccc(OCCc4ccccc4)c3)no2)cs1. The van der Waals surface area contributed by atoms with Gasteiger partial charge in [-0.1, -0.05) is 54.4 Å². The molecule has 0 saturated carbocycles. The van der Waals surface area contributed by atoms with Crippen molar-refractivity contribution in [2.45, 2.75) is 13.3 Å². The zero-order valence-electron chi connectivity index (χ0n) is 17.6. The molecule has 10 heteroatoms. The van der Waals surface area contributed by atoms with Gasteiger partial charge in [0.1, 0.15) is 11.4 Å². The first-order valence-corrected chi connectivity index (χ1v) is 11.3. The first kappa shape index (κ1) is 22.6. The Morgan fingerprint density at radius 2 is 1.97 bits per heavy atom. The molecule has 168 valence electrons. The van der Waals surface area contributed by atoms with Gasteiger partial charge in [0.2, 0.25) is 0 Å². The van der Waals surface area contributed by atoms with Gasteiger partial charge in [0.05, 0.1) is 11.6 Å². The molecule has 0 atom stereocenters. The van der Waals surface area contributed by atoms with Gasteiger partial charge in [-0.25, -0.2) is 14.1 Å². The van der Waals surface area contributed by atoms with Crippen LogP contribution in [0.5, 0.6) is 5.75 Å². The lowest BCUT2D eigenvalue weighted by Crippen LogP contribution is -2.32. The molecular weight excluding hydrogens is 460 g/mol. The average molecular weight is 481 g/mol. The first-order valence-electron chi connectivity index (χ1n) is 10.00. The van der Waals surface area contributed by atoms with E-state index in [9.17, 15) is 9.59 Å². The summed E-state index contributed by atoms with van der Waals surface area (Å²) in [5, 5.41) is 9.01. The number of nitrogens with zero attached hydrogens (tertiary/aromatic N) is 3. The maximum atomic E-state index is 12.6. The number of rotatable bonds is 7. The highest BCUT2D eigenvalue weighted by molar-refractivity contribution is 7.79. The van der Waals surface area contributed by atoms with Crippen molar-refractivity contribution in [3.05, 3.63) is 82.3 Å². The molecule has 2 heterocycles. The van der Waals surface area contributed by atoms with Crippen molar-refractivity contribution in [1.29, 1.82) is 0 Å². The predicted molar refractivity (Wildman–Crippen MR) is 129 cm³/mol. The normalized spacial score (nSPS) is 10.6. The highest BCUT2D eigenvalue weighted by atomic mass is 32.1. The summed E-state index contributed by atoms with van der Waals surface area (Å²) in [6.07, 6.45) is 0.760. The molecule has 0 bridgehead atoms. The van der Waals surface area contributed by atoms with Crippen LogP contribution in [0.25, 0.3) is 11.5 Å². The van der Waals surface area contributed by atoms with Gasteiger partial charge in [0.15, 0.2) is 11.5 Å². The number of urea groups is 1. The topological polar surface area (TPSA) is 97.6 Å². The van der Waals surface area contributed by atoms with Crippen LogP contribution in [0.2, 0.25) is 0 Å². The van der Waals surface area contributed by atoms with E-state index in [1.54, 1.807) is 29.6 Å². The second-order valence-corrected chi connectivity index (χ2v) is 8.45. The number of thiol groups is 1. The van der Waals surface area contributed by atoms with Gasteiger partial charge >= 0.3 is 6.03 Å². The van der Waals surface area contributed by atoms with Crippen LogP contribution in [-0.4, -0.2) is 33.0 Å². The van der Waals surface area contributed by atoms with Crippen molar-refractivity contribution in [2.24, 2.45) is 0 Å². The van der Waals surface area contributed by atoms with E-state index in [0.29, 0.717) is 33.8 Å². The number of thiazole rings is 1. The molecule has 0 spiro atoms. The maximum absolute atomic E-state index is 12.6. The van der Waals surface area contributed by atoms with E-state index in [1.807, 2.05) is 37.3 Å². The Labute approximate surface area is 199 Å². The Bertz CT molecular complexity index is 1260. The molecule has 4 rings (SSSR count). The Kier molecular flexibility index (Phi) is 7.06. The highest BCUT2D eigenvalue weighted by Gasteiger charge is 2.24. The van der Waals surface area contributed by atoms with Crippen LogP contribution in [0.4, 0.5) is 10.5 Å². The number of anilines is 1. The van der Waals surface area contributed by atoms with E-state index >= 15 is 0 Å². The van der Waals surface area contributed by atoms with Crippen molar-refractivity contribution in [3.63, 3.8) is 0 Å². The summed E-state index contributed by atoms with van der Waals surface area (Å²) in [6.45, 7) is 2.35. The zero-order valence-corrected chi connectivity index (χ0v) is 19.3. The van der Waals surface area contributed by atoms with Gasteiger partial charge < -0.3 is 14.6 Å². The first-order chi connectivity index (χ1) is 16.0. The van der Waals surface area contributed by atoms with E-state index in [4.69, 9.17) is 9.26 Å². The van der Waals surface area contributed by atoms with Gasteiger partial charge in [0.25, 0.3) is 5.91 Å². The number of carbonyl (C=O) groups is 2. The molecule has 0 unspecified atom stereocenters. The van der Waals surface area contributed by atoms with Crippen molar-refractivity contribution < 1.29 is 18.8 Å². The van der Waals surface area contributed by atoms with Crippen LogP contribution in [0.15, 0.2) is 70.6 Å². The minimum Gasteiger partial charge on any atom is -0.493 e. The Hall–Kier alpha value is -3.63. The Balaban J connectivity index is 1.34. The van der Waals surface area contributed by atoms with E-state index in [-0.39, 0.29) is 5.69 Å². The maximum Gasteiger partial charge on any atom is 0.339 e. The number of ether oxygens (including phenoxy) is 1. The van der Waals surface area contributed by atoms with Crippen LogP contribution in [0, 0.1) is 6.92 Å². The Morgan fingerprint density at radius 3 is 2.73 bits per heavy atom. The third kappa shape index (κ3) is 5.79. The molecule has 3 amide bonds. The number of hydrogen-bond acceptors (Lipinski definition) is 8. The van der Waals surface area contributed by atoms with Crippen LogP contribution >= 0.6 is 24.2 Å². The number of aryl methyl sites for hydroxylation is 1. The van der Waals surface area contributed by atoms with Crippen LogP contribution in [0.1, 0.15) is 21.1 Å². The van der Waals surface area contributed by atoms with Crippen molar-refractivity contribution in [2.75, 3.05) is 11.9 Å². The molecule has 1 N–H and O–H groups in total. The van der Waals surface area contributed by atoms with Gasteiger partial charge in [-0.05, 0) is 24.6 Å². The third-order valence-corrected chi connectivity index (χ3v) is 5.71. The van der Waals surface area contributed by atoms with E-state index in [1.165, 1.54) is 23.0 Å². The smallest absolute Gasteiger partial charge is 0.339 e. The summed E-state index contributed by atoms with van der Waals surface area (Å²) in [4.78, 5) is 29.4. The van der Waals surface area contributed by atoms with Gasteiger partial charge in [-0.3, -0.25) is 4.79 Å². The van der Waals surface area contributed by atoms with Crippen LogP contribution in [-0.2, 0) is 6.42 Å². The molecule has 2 aromatic carbocycles. The number of hydrogen-bond donors (Lipinski definition) is 2. The number of imide groups is 1. The van der Waals surface area contributed by atoms with Gasteiger partial charge in [-0.2, -0.15) is 0 Å². The molecule has 0 fully saturated rings. The van der Waals surface area contributed by atoms with Crippen LogP contribution in [0.3, 0.4) is 0 Å². The van der Waals surface area contributed by atoms with Crippen molar-refractivity contribution in [1.82, 2.24) is 14.4 Å². The fraction of sp³-hybridized carbons (Fsp3) is 0.130. The molecule has 0 aliphatic rings. The highest BCUT2D eigenvalue weighted by Crippen LogP contribution is 2.23. The standard InChI is InChI=1S/C23H20N4O4S2/c1-15-24-20(14-33-15)21-13-19(26-31-21)22(28)27(32)23(29)25-17-8-5-9-18(12-17)30-11-10-16-6-3-2-4-7-16/h2-9,12-14,32H,10-11H2,1H3,(H,25,29). The second kappa shape index (κ2) is 10.3. The van der Waals surface area contributed by atoms with Gasteiger partial charge in [-0.15, -0.1) is 11.3 Å². The number of carbonyl (C=O) groups excluding carboxylic acids is 2. The lowest BCUT2D eigenvalue weighted by molar-refractivity contribution is 0.0892. The zero-order chi connectivity index (χ0) is 23.2. The summed E-state index contributed by atoms with van der Waals surface area (Å²) in [5.41, 5.74) is 2.15. The molecule has 0 aliphatic carbocycles. The largest absolute Gasteiger partial charge is 0.493 e. The number of benzene rings is 2. The fourth-order valence-electron chi connectivity index (χ4n) is 2.95. The lowest BCUT2D eigenvalue weighted by atomic mass is 10.2. The van der Waals surface area contributed by atoms with E-state index in [0.717, 1.165) is 11.4 Å². The molecule has 0 radical (unpaired) electrons. The summed E-state index contributed by atoms with van der Waals surface area (Å²) in [7, 11) is 0. The number of aromatic nitrogens is 2. The van der Waals surface area contributed by atoms with Crippen molar-refractivity contribution >= 4 is 41.8 Å². The summed E-state index contributed by atoms with van der Waals surface area (Å²) in [6, 6.07) is 17.6. The summed E-state index contributed by atoms with van der Waals surface area (Å²) >= 11 is 5.48. The van der Waals surface area contributed by atoms with E-state index in [2.05, 4.69) is 28.3 Å². The molecule has 8 nitrogen and oxygen atoms in total. The second-order valence-electron chi connectivity index (χ2n) is 6.99. The lowest BCUT2D eigenvalue weighted by Gasteiger charge is -2.14. The third-order valence-electron chi connectivity index (χ3n) is 4.57. The molecule has 4 aromatic rings. The summed E-state index contributed by atoms with van der Waals surface area (Å²) < 4.78 is 11.6. The van der Waals surface area contributed by atoms with Crippen molar-refractivity contribution in [3.8, 4) is 17.2 Å². The molecule has 0 saturated heterocycles. The van der Waals surface area contributed by atoms with Gasteiger partial charge in [0, 0.05) is 29.6 Å². The Morgan fingerprint density at radius 1 is 1.15 bits per heavy atom. The predicted octanol–water partition coefficient (Wildman–Crippen LogP) is 5.25. The minimum atomic E-state index is -0.737. The average Bonchev–Trinajstić information content (AvgIpc) is 3.48. The fourth-order valence-corrected chi connectivity index (χ4v) is 3.70. The molecular formula is C23H20N4O4S2. The quantitative estimate of drug-likeness (QED) is 0.351. The van der Waals surface area contributed by atoms with E-state index < -0.39 is 11.9 Å². The molecule has 33 heavy (non-hydrogen) atoms. The molecule has 0 aliphatic heterocycles. The summed E-state index contributed by atoms with van der Waals surface area (Å²) in [5.74, 6) is 0.207. The number of amides is 3. The number of nitrogens with one attached hydrogen (secondary N) is 1. The van der Waals surface area contributed by atoms with Crippen LogP contribution < -0.4 is 10.1 Å². The minimum absolute atomic E-state index is 0.0567. The molecule has 2 aromatic heterocycles.